The molecule has 4 aromatic rings. The van der Waals surface area contributed by atoms with E-state index in [1.807, 2.05) is 74.6 Å². The minimum absolute atomic E-state index is 0.122. The molecule has 7 heteroatoms. The lowest BCUT2D eigenvalue weighted by atomic mass is 10.1. The molecule has 0 unspecified atom stereocenters. The minimum Gasteiger partial charge on any atom is -0.340 e. The van der Waals surface area contributed by atoms with Crippen molar-refractivity contribution in [2.75, 3.05) is 10.6 Å². The minimum atomic E-state index is -0.122. The Bertz CT molecular complexity index is 1140. The van der Waals surface area contributed by atoms with Crippen LogP contribution in [0.1, 0.15) is 21.5 Å². The number of carbonyl (C=O) groups excluding carboxylic acids is 1. The van der Waals surface area contributed by atoms with Crippen molar-refractivity contribution in [1.29, 1.82) is 0 Å². The van der Waals surface area contributed by atoms with Crippen molar-refractivity contribution < 1.29 is 4.79 Å². The normalized spacial score (nSPS) is 10.6. The van der Waals surface area contributed by atoms with E-state index in [1.165, 1.54) is 6.33 Å². The molecule has 1 amide bonds. The molecule has 144 valence electrons. The van der Waals surface area contributed by atoms with Gasteiger partial charge in [-0.25, -0.2) is 14.6 Å². The predicted octanol–water partition coefficient (Wildman–Crippen LogP) is 4.28. The summed E-state index contributed by atoms with van der Waals surface area (Å²) in [5.41, 5.74) is 4.33. The average molecular weight is 384 g/mol. The summed E-state index contributed by atoms with van der Waals surface area (Å²) >= 11 is 0. The Balaban J connectivity index is 1.44. The molecule has 4 rings (SSSR count). The van der Waals surface area contributed by atoms with Gasteiger partial charge in [-0.2, -0.15) is 5.10 Å². The van der Waals surface area contributed by atoms with Crippen LogP contribution in [-0.2, 0) is 0 Å². The Morgan fingerprint density at radius 2 is 1.76 bits per heavy atom. The van der Waals surface area contributed by atoms with Gasteiger partial charge in [0.25, 0.3) is 5.91 Å². The molecule has 0 bridgehead atoms. The molecule has 0 atom stereocenters. The number of carbonyl (C=O) groups is 1. The third-order valence-corrected chi connectivity index (χ3v) is 4.43. The molecule has 2 aromatic carbocycles. The number of hydrogen-bond acceptors (Lipinski definition) is 5. The number of anilines is 3. The number of aryl methyl sites for hydroxylation is 2. The number of rotatable bonds is 5. The van der Waals surface area contributed by atoms with Gasteiger partial charge in [-0.15, -0.1) is 0 Å². The highest BCUT2D eigenvalue weighted by molar-refractivity contribution is 6.05. The van der Waals surface area contributed by atoms with E-state index in [0.717, 1.165) is 22.5 Å². The van der Waals surface area contributed by atoms with Gasteiger partial charge in [0.2, 0.25) is 0 Å². The summed E-state index contributed by atoms with van der Waals surface area (Å²) in [7, 11) is 0. The predicted molar refractivity (Wildman–Crippen MR) is 113 cm³/mol. The molecule has 2 heterocycles. The third-order valence-electron chi connectivity index (χ3n) is 4.43. The van der Waals surface area contributed by atoms with Crippen molar-refractivity contribution in [2.24, 2.45) is 0 Å². The number of amides is 1. The molecular formula is C22H20N6O. The second-order valence-electron chi connectivity index (χ2n) is 6.69. The van der Waals surface area contributed by atoms with Gasteiger partial charge in [-0.05, 0) is 55.8 Å². The number of nitrogens with zero attached hydrogens (tertiary/aromatic N) is 4. The lowest BCUT2D eigenvalue weighted by Gasteiger charge is -2.10. The van der Waals surface area contributed by atoms with E-state index >= 15 is 0 Å². The van der Waals surface area contributed by atoms with Crippen LogP contribution >= 0.6 is 0 Å². The van der Waals surface area contributed by atoms with Crippen LogP contribution in [0.4, 0.5) is 17.2 Å². The molecule has 2 aromatic heterocycles. The first kappa shape index (κ1) is 18.4. The van der Waals surface area contributed by atoms with Gasteiger partial charge in [0.15, 0.2) is 5.82 Å². The first-order chi connectivity index (χ1) is 14.1. The smallest absolute Gasteiger partial charge is 0.255 e. The molecule has 29 heavy (non-hydrogen) atoms. The Labute approximate surface area is 168 Å². The van der Waals surface area contributed by atoms with Crippen molar-refractivity contribution in [2.45, 2.75) is 13.8 Å². The molecule has 0 aliphatic rings. The molecule has 0 aliphatic heterocycles. The number of benzene rings is 2. The van der Waals surface area contributed by atoms with Gasteiger partial charge in [0.05, 0.1) is 0 Å². The Morgan fingerprint density at radius 3 is 2.48 bits per heavy atom. The van der Waals surface area contributed by atoms with Gasteiger partial charge >= 0.3 is 0 Å². The summed E-state index contributed by atoms with van der Waals surface area (Å²) in [6.07, 6.45) is 5.00. The van der Waals surface area contributed by atoms with Crippen LogP contribution in [0.3, 0.4) is 0 Å². The Kier molecular flexibility index (Phi) is 5.03. The van der Waals surface area contributed by atoms with E-state index in [-0.39, 0.29) is 5.91 Å². The average Bonchev–Trinajstić information content (AvgIpc) is 3.24. The fourth-order valence-electron chi connectivity index (χ4n) is 3.00. The molecule has 0 aliphatic carbocycles. The molecule has 7 nitrogen and oxygen atoms in total. The topological polar surface area (TPSA) is 84.7 Å². The van der Waals surface area contributed by atoms with E-state index in [4.69, 9.17) is 0 Å². The van der Waals surface area contributed by atoms with Crippen LogP contribution in [0, 0.1) is 13.8 Å². The van der Waals surface area contributed by atoms with Crippen molar-refractivity contribution in [3.63, 3.8) is 0 Å². The van der Waals surface area contributed by atoms with Gasteiger partial charge < -0.3 is 10.6 Å². The maximum Gasteiger partial charge on any atom is 0.255 e. The largest absolute Gasteiger partial charge is 0.340 e. The number of nitrogens with one attached hydrogen (secondary N) is 2. The summed E-state index contributed by atoms with van der Waals surface area (Å²) in [5, 5.41) is 10.3. The van der Waals surface area contributed by atoms with Crippen LogP contribution in [0.5, 0.6) is 0 Å². The molecular weight excluding hydrogens is 364 g/mol. The maximum atomic E-state index is 12.5. The van der Waals surface area contributed by atoms with Gasteiger partial charge in [-0.1, -0.05) is 17.7 Å². The standard InChI is InChI=1S/C22H20N6O/c1-15-4-9-19(16(2)12-15)22(29)27-18-7-5-17(6-8-18)26-20-13-21(24-14-23-20)28-11-3-10-25-28/h3-14H,1-2H3,(H,27,29)(H,23,24,26). The lowest BCUT2D eigenvalue weighted by Crippen LogP contribution is -2.13. The zero-order chi connectivity index (χ0) is 20.2. The Hall–Kier alpha value is -4.00. The summed E-state index contributed by atoms with van der Waals surface area (Å²) in [6.45, 7) is 3.95. The van der Waals surface area contributed by atoms with Crippen molar-refractivity contribution >= 4 is 23.1 Å². The van der Waals surface area contributed by atoms with Crippen LogP contribution in [0.25, 0.3) is 5.82 Å². The second kappa shape index (κ2) is 7.93. The van der Waals surface area contributed by atoms with Crippen molar-refractivity contribution in [3.05, 3.63) is 90.0 Å². The maximum absolute atomic E-state index is 12.5. The monoisotopic (exact) mass is 384 g/mol. The van der Waals surface area contributed by atoms with Gasteiger partial charge in [-0.3, -0.25) is 4.79 Å². The zero-order valence-electron chi connectivity index (χ0n) is 16.1. The second-order valence-corrected chi connectivity index (χ2v) is 6.69. The molecule has 0 radical (unpaired) electrons. The van der Waals surface area contributed by atoms with E-state index < -0.39 is 0 Å². The third kappa shape index (κ3) is 4.30. The molecule has 0 saturated heterocycles. The van der Waals surface area contributed by atoms with Gasteiger partial charge in [0.1, 0.15) is 12.1 Å². The van der Waals surface area contributed by atoms with Gasteiger partial charge in [0, 0.05) is 35.4 Å². The van der Waals surface area contributed by atoms with Crippen molar-refractivity contribution in [1.82, 2.24) is 19.7 Å². The van der Waals surface area contributed by atoms with Crippen LogP contribution in [0.15, 0.2) is 73.3 Å². The number of aromatic nitrogens is 4. The highest BCUT2D eigenvalue weighted by Crippen LogP contribution is 2.20. The van der Waals surface area contributed by atoms with Crippen LogP contribution < -0.4 is 10.6 Å². The van der Waals surface area contributed by atoms with E-state index in [2.05, 4.69) is 25.7 Å². The van der Waals surface area contributed by atoms with E-state index in [9.17, 15) is 4.79 Å². The summed E-state index contributed by atoms with van der Waals surface area (Å²) in [4.78, 5) is 21.0. The van der Waals surface area contributed by atoms with Crippen LogP contribution in [0.2, 0.25) is 0 Å². The number of hydrogen-bond donors (Lipinski definition) is 2. The van der Waals surface area contributed by atoms with E-state index in [0.29, 0.717) is 17.2 Å². The molecule has 0 spiro atoms. The fourth-order valence-corrected chi connectivity index (χ4v) is 3.00. The molecule has 0 fully saturated rings. The lowest BCUT2D eigenvalue weighted by molar-refractivity contribution is 0.102. The Morgan fingerprint density at radius 1 is 0.966 bits per heavy atom. The first-order valence-corrected chi connectivity index (χ1v) is 9.16. The summed E-state index contributed by atoms with van der Waals surface area (Å²) in [6, 6.07) is 16.9. The summed E-state index contributed by atoms with van der Waals surface area (Å²) < 4.78 is 1.67. The molecule has 2 N–H and O–H groups in total. The summed E-state index contributed by atoms with van der Waals surface area (Å²) in [5.74, 6) is 1.20. The first-order valence-electron chi connectivity index (χ1n) is 9.16. The highest BCUT2D eigenvalue weighted by atomic mass is 16.1. The SMILES string of the molecule is Cc1ccc(C(=O)Nc2ccc(Nc3cc(-n4cccn4)ncn3)cc2)c(C)c1. The van der Waals surface area contributed by atoms with Crippen LogP contribution in [-0.4, -0.2) is 25.7 Å². The van der Waals surface area contributed by atoms with Crippen molar-refractivity contribution in [3.8, 4) is 5.82 Å². The highest BCUT2D eigenvalue weighted by Gasteiger charge is 2.09. The zero-order valence-corrected chi connectivity index (χ0v) is 16.1. The quantitative estimate of drug-likeness (QED) is 0.537. The molecule has 0 saturated carbocycles. The van der Waals surface area contributed by atoms with E-state index in [1.54, 1.807) is 10.9 Å². The fraction of sp³-hybridized carbons (Fsp3) is 0.0909.